The van der Waals surface area contributed by atoms with Gasteiger partial charge in [-0.05, 0) is 30.3 Å². The summed E-state index contributed by atoms with van der Waals surface area (Å²) in [7, 11) is -3.89. The standard InChI is InChI=1S/C12H8Cl4N2O2S/c13-8-5-4-7(6-10(8)15)17-18-21(19,20)11-3-1-2-9(14)12(11)16/h1-6,17-18H. The zero-order valence-electron chi connectivity index (χ0n) is 10.2. The van der Waals surface area contributed by atoms with Crippen molar-refractivity contribution in [1.29, 1.82) is 0 Å². The summed E-state index contributed by atoms with van der Waals surface area (Å²) in [6.07, 6.45) is 0. The maximum Gasteiger partial charge on any atom is 0.258 e. The van der Waals surface area contributed by atoms with Gasteiger partial charge in [0.1, 0.15) is 4.90 Å². The summed E-state index contributed by atoms with van der Waals surface area (Å²) in [4.78, 5) is 2.05. The molecule has 0 radical (unpaired) electrons. The van der Waals surface area contributed by atoms with E-state index >= 15 is 0 Å². The van der Waals surface area contributed by atoms with E-state index in [0.29, 0.717) is 15.7 Å². The SMILES string of the molecule is O=S(=O)(NNc1ccc(Cl)c(Cl)c1)c1cccc(Cl)c1Cl. The van der Waals surface area contributed by atoms with Gasteiger partial charge in [-0.1, -0.05) is 52.5 Å². The van der Waals surface area contributed by atoms with Gasteiger partial charge in [-0.2, -0.15) is 0 Å². The Balaban J connectivity index is 2.22. The highest BCUT2D eigenvalue weighted by Crippen LogP contribution is 2.29. The van der Waals surface area contributed by atoms with E-state index in [2.05, 4.69) is 10.3 Å². The summed E-state index contributed by atoms with van der Waals surface area (Å²) >= 11 is 23.3. The highest BCUT2D eigenvalue weighted by molar-refractivity contribution is 7.89. The first-order valence-corrected chi connectivity index (χ1v) is 8.47. The van der Waals surface area contributed by atoms with E-state index in [-0.39, 0.29) is 14.9 Å². The molecule has 2 aromatic carbocycles. The molecule has 0 spiro atoms. The molecule has 0 aliphatic rings. The second kappa shape index (κ2) is 6.60. The molecule has 2 rings (SSSR count). The van der Waals surface area contributed by atoms with Gasteiger partial charge in [0.25, 0.3) is 10.0 Å². The topological polar surface area (TPSA) is 58.2 Å². The van der Waals surface area contributed by atoms with E-state index in [4.69, 9.17) is 46.4 Å². The van der Waals surface area contributed by atoms with Crippen molar-refractivity contribution >= 4 is 62.1 Å². The molecule has 0 fully saturated rings. The van der Waals surface area contributed by atoms with Crippen molar-refractivity contribution in [3.8, 4) is 0 Å². The molecule has 0 aromatic heterocycles. The van der Waals surface area contributed by atoms with Gasteiger partial charge in [0.05, 0.1) is 25.8 Å². The van der Waals surface area contributed by atoms with Crippen molar-refractivity contribution in [2.24, 2.45) is 0 Å². The number of hydrazine groups is 1. The largest absolute Gasteiger partial charge is 0.308 e. The molecule has 2 aromatic rings. The molecule has 0 saturated heterocycles. The Kier molecular flexibility index (Phi) is 5.24. The van der Waals surface area contributed by atoms with E-state index in [1.54, 1.807) is 6.07 Å². The average molecular weight is 386 g/mol. The summed E-state index contributed by atoms with van der Waals surface area (Å²) in [5, 5.41) is 0.751. The maximum atomic E-state index is 12.2. The first kappa shape index (κ1) is 16.7. The normalized spacial score (nSPS) is 11.4. The van der Waals surface area contributed by atoms with Crippen LogP contribution < -0.4 is 10.3 Å². The molecule has 0 amide bonds. The first-order chi connectivity index (χ1) is 9.81. The smallest absolute Gasteiger partial charge is 0.258 e. The Morgan fingerprint density at radius 2 is 1.57 bits per heavy atom. The van der Waals surface area contributed by atoms with Gasteiger partial charge in [0, 0.05) is 0 Å². The van der Waals surface area contributed by atoms with Crippen LogP contribution in [0.15, 0.2) is 41.3 Å². The minimum Gasteiger partial charge on any atom is -0.308 e. The van der Waals surface area contributed by atoms with Crippen molar-refractivity contribution in [2.45, 2.75) is 4.90 Å². The molecule has 0 atom stereocenters. The van der Waals surface area contributed by atoms with Gasteiger partial charge in [-0.25, -0.2) is 8.42 Å². The molecule has 2 N–H and O–H groups in total. The van der Waals surface area contributed by atoms with Crippen LogP contribution in [-0.4, -0.2) is 8.42 Å². The molecule has 21 heavy (non-hydrogen) atoms. The molecule has 0 aliphatic heterocycles. The quantitative estimate of drug-likeness (QED) is 0.755. The Hall–Kier alpha value is -0.690. The molecule has 0 saturated carbocycles. The van der Waals surface area contributed by atoms with E-state index < -0.39 is 10.0 Å². The third kappa shape index (κ3) is 3.94. The van der Waals surface area contributed by atoms with Gasteiger partial charge in [0.15, 0.2) is 0 Å². The Morgan fingerprint density at radius 1 is 0.857 bits per heavy atom. The van der Waals surface area contributed by atoms with Gasteiger partial charge in [-0.15, -0.1) is 4.83 Å². The van der Waals surface area contributed by atoms with E-state index in [1.807, 2.05) is 0 Å². The van der Waals surface area contributed by atoms with Crippen molar-refractivity contribution < 1.29 is 8.42 Å². The third-order valence-corrected chi connectivity index (χ3v) is 5.42. The molecule has 112 valence electrons. The molecule has 0 unspecified atom stereocenters. The molecule has 0 aliphatic carbocycles. The van der Waals surface area contributed by atoms with Crippen molar-refractivity contribution in [3.05, 3.63) is 56.5 Å². The van der Waals surface area contributed by atoms with Crippen LogP contribution in [0.1, 0.15) is 0 Å². The van der Waals surface area contributed by atoms with Crippen molar-refractivity contribution in [3.63, 3.8) is 0 Å². The van der Waals surface area contributed by atoms with Crippen LogP contribution in [0.25, 0.3) is 0 Å². The predicted molar refractivity (Wildman–Crippen MR) is 86.9 cm³/mol. The molecular weight excluding hydrogens is 378 g/mol. The number of benzene rings is 2. The molecular formula is C12H8Cl4N2O2S. The fourth-order valence-electron chi connectivity index (χ4n) is 1.45. The first-order valence-electron chi connectivity index (χ1n) is 5.48. The lowest BCUT2D eigenvalue weighted by molar-refractivity contribution is 0.588. The van der Waals surface area contributed by atoms with Gasteiger partial charge in [0.2, 0.25) is 0 Å². The monoisotopic (exact) mass is 384 g/mol. The molecule has 9 heteroatoms. The maximum absolute atomic E-state index is 12.2. The fourth-order valence-corrected chi connectivity index (χ4v) is 3.37. The number of hydrogen-bond acceptors (Lipinski definition) is 3. The summed E-state index contributed by atoms with van der Waals surface area (Å²) in [6.45, 7) is 0. The van der Waals surface area contributed by atoms with Crippen LogP contribution in [0.3, 0.4) is 0 Å². The summed E-state index contributed by atoms with van der Waals surface area (Å²) in [5.74, 6) is 0. The fraction of sp³-hybridized carbons (Fsp3) is 0. The van der Waals surface area contributed by atoms with E-state index in [1.165, 1.54) is 30.3 Å². The average Bonchev–Trinajstić information content (AvgIpc) is 2.43. The van der Waals surface area contributed by atoms with Crippen LogP contribution in [0, 0.1) is 0 Å². The molecule has 0 heterocycles. The van der Waals surface area contributed by atoms with Crippen LogP contribution in [0.5, 0.6) is 0 Å². The van der Waals surface area contributed by atoms with Gasteiger partial charge in [-0.3, -0.25) is 0 Å². The predicted octanol–water partition coefficient (Wildman–Crippen LogP) is 4.61. The third-order valence-electron chi connectivity index (χ3n) is 2.46. The highest BCUT2D eigenvalue weighted by Gasteiger charge is 2.19. The van der Waals surface area contributed by atoms with E-state index in [0.717, 1.165) is 0 Å². The molecule has 4 nitrogen and oxygen atoms in total. The lowest BCUT2D eigenvalue weighted by Gasteiger charge is -2.11. The number of halogens is 4. The number of rotatable bonds is 4. The molecule has 0 bridgehead atoms. The number of sulfonamides is 1. The van der Waals surface area contributed by atoms with Crippen LogP contribution >= 0.6 is 46.4 Å². The van der Waals surface area contributed by atoms with Crippen molar-refractivity contribution in [1.82, 2.24) is 4.83 Å². The summed E-state index contributed by atoms with van der Waals surface area (Å²) < 4.78 is 24.3. The number of nitrogens with one attached hydrogen (secondary N) is 2. The van der Waals surface area contributed by atoms with Crippen molar-refractivity contribution in [2.75, 3.05) is 5.43 Å². The second-order valence-corrected chi connectivity index (χ2v) is 7.16. The summed E-state index contributed by atoms with van der Waals surface area (Å²) in [5.41, 5.74) is 2.94. The number of anilines is 1. The number of hydrogen-bond donors (Lipinski definition) is 2. The van der Waals surface area contributed by atoms with Crippen LogP contribution in [0.2, 0.25) is 20.1 Å². The van der Waals surface area contributed by atoms with E-state index in [9.17, 15) is 8.42 Å². The Morgan fingerprint density at radius 3 is 2.24 bits per heavy atom. The summed E-state index contributed by atoms with van der Waals surface area (Å²) in [6, 6.07) is 8.90. The minimum absolute atomic E-state index is 0.0531. The lowest BCUT2D eigenvalue weighted by atomic mass is 10.3. The zero-order chi connectivity index (χ0) is 15.6. The Bertz CT molecular complexity index is 781. The highest BCUT2D eigenvalue weighted by atomic mass is 35.5. The minimum atomic E-state index is -3.89. The van der Waals surface area contributed by atoms with Gasteiger partial charge >= 0.3 is 0 Å². The second-order valence-electron chi connectivity index (χ2n) is 3.91. The van der Waals surface area contributed by atoms with Crippen LogP contribution in [0.4, 0.5) is 5.69 Å². The van der Waals surface area contributed by atoms with Gasteiger partial charge < -0.3 is 5.43 Å². The lowest BCUT2D eigenvalue weighted by Crippen LogP contribution is -2.29. The zero-order valence-corrected chi connectivity index (χ0v) is 14.0. The van der Waals surface area contributed by atoms with Crippen LogP contribution in [-0.2, 0) is 10.0 Å². The Labute approximate surface area is 142 Å².